The highest BCUT2D eigenvalue weighted by Crippen LogP contribution is 2.27. The van der Waals surface area contributed by atoms with Crippen LogP contribution in [-0.4, -0.2) is 30.1 Å². The number of anilines is 1. The molecule has 30 heavy (non-hydrogen) atoms. The SMILES string of the molecule is Cn1ccc(S(=O)(=O)N(Cc2ccc(Cl)cc2)c2cccc(C(=O)NC3CC3)c2)n1. The number of hydrogen-bond acceptors (Lipinski definition) is 4. The smallest absolute Gasteiger partial charge is 0.283 e. The van der Waals surface area contributed by atoms with Gasteiger partial charge in [-0.05, 0) is 54.8 Å². The Morgan fingerprint density at radius 2 is 1.93 bits per heavy atom. The number of aromatic nitrogens is 2. The van der Waals surface area contributed by atoms with Crippen molar-refractivity contribution in [2.24, 2.45) is 7.05 Å². The molecule has 1 amide bonds. The van der Waals surface area contributed by atoms with Crippen molar-refractivity contribution in [3.63, 3.8) is 0 Å². The van der Waals surface area contributed by atoms with Crippen LogP contribution in [0.3, 0.4) is 0 Å². The normalized spacial score (nSPS) is 13.8. The number of benzene rings is 2. The maximum atomic E-state index is 13.4. The lowest BCUT2D eigenvalue weighted by Crippen LogP contribution is -2.31. The van der Waals surface area contributed by atoms with Gasteiger partial charge in [0.15, 0.2) is 5.03 Å². The molecule has 1 saturated carbocycles. The molecule has 0 radical (unpaired) electrons. The number of hydrogen-bond donors (Lipinski definition) is 1. The first-order valence-electron chi connectivity index (χ1n) is 9.51. The zero-order chi connectivity index (χ0) is 21.3. The van der Waals surface area contributed by atoms with Crippen molar-refractivity contribution in [1.82, 2.24) is 15.1 Å². The monoisotopic (exact) mass is 444 g/mol. The molecular weight excluding hydrogens is 424 g/mol. The minimum atomic E-state index is -3.96. The van der Waals surface area contributed by atoms with Gasteiger partial charge in [0.25, 0.3) is 15.9 Å². The summed E-state index contributed by atoms with van der Waals surface area (Å²) in [6, 6.07) is 15.2. The molecule has 1 heterocycles. The van der Waals surface area contributed by atoms with E-state index >= 15 is 0 Å². The van der Waals surface area contributed by atoms with E-state index in [0.29, 0.717) is 16.3 Å². The predicted molar refractivity (Wildman–Crippen MR) is 115 cm³/mol. The van der Waals surface area contributed by atoms with Crippen LogP contribution >= 0.6 is 11.6 Å². The molecule has 0 spiro atoms. The Balaban J connectivity index is 1.73. The van der Waals surface area contributed by atoms with Crippen LogP contribution in [0.25, 0.3) is 0 Å². The average molecular weight is 445 g/mol. The van der Waals surface area contributed by atoms with Gasteiger partial charge in [-0.25, -0.2) is 0 Å². The predicted octanol–water partition coefficient (Wildman–Crippen LogP) is 3.36. The number of halogens is 1. The second-order valence-electron chi connectivity index (χ2n) is 7.26. The molecule has 1 aliphatic carbocycles. The number of sulfonamides is 1. The van der Waals surface area contributed by atoms with Crippen molar-refractivity contribution in [1.29, 1.82) is 0 Å². The molecule has 0 atom stereocenters. The quantitative estimate of drug-likeness (QED) is 0.605. The second kappa shape index (κ2) is 8.12. The zero-order valence-corrected chi connectivity index (χ0v) is 17.9. The number of rotatable bonds is 7. The fourth-order valence-corrected chi connectivity index (χ4v) is 4.54. The Hall–Kier alpha value is -2.84. The lowest BCUT2D eigenvalue weighted by molar-refractivity contribution is 0.0951. The first-order valence-corrected chi connectivity index (χ1v) is 11.3. The van der Waals surface area contributed by atoms with E-state index in [1.807, 2.05) is 0 Å². The van der Waals surface area contributed by atoms with Crippen LogP contribution in [0, 0.1) is 0 Å². The van der Waals surface area contributed by atoms with Gasteiger partial charge in [-0.3, -0.25) is 13.8 Å². The van der Waals surface area contributed by atoms with Crippen LogP contribution < -0.4 is 9.62 Å². The van der Waals surface area contributed by atoms with E-state index in [1.54, 1.807) is 61.8 Å². The van der Waals surface area contributed by atoms with Gasteiger partial charge in [0.1, 0.15) is 0 Å². The summed E-state index contributed by atoms with van der Waals surface area (Å²) >= 11 is 5.97. The molecule has 0 bridgehead atoms. The Labute approximate surface area is 180 Å². The maximum absolute atomic E-state index is 13.4. The Kier molecular flexibility index (Phi) is 5.53. The number of aryl methyl sites for hydroxylation is 1. The summed E-state index contributed by atoms with van der Waals surface area (Å²) in [6.45, 7) is 0.0732. The molecule has 9 heteroatoms. The van der Waals surface area contributed by atoms with Gasteiger partial charge in [0, 0.05) is 29.9 Å². The van der Waals surface area contributed by atoms with Crippen molar-refractivity contribution in [3.8, 4) is 0 Å². The minimum absolute atomic E-state index is 0.0631. The third kappa shape index (κ3) is 4.49. The van der Waals surface area contributed by atoms with Gasteiger partial charge in [-0.15, -0.1) is 0 Å². The van der Waals surface area contributed by atoms with E-state index in [-0.39, 0.29) is 23.5 Å². The molecule has 7 nitrogen and oxygen atoms in total. The molecule has 1 aliphatic rings. The molecule has 2 aromatic carbocycles. The zero-order valence-electron chi connectivity index (χ0n) is 16.3. The van der Waals surface area contributed by atoms with Gasteiger partial charge in [0.05, 0.1) is 12.2 Å². The third-order valence-electron chi connectivity index (χ3n) is 4.79. The number of nitrogens with one attached hydrogen (secondary N) is 1. The van der Waals surface area contributed by atoms with Crippen LogP contribution in [0.4, 0.5) is 5.69 Å². The lowest BCUT2D eigenvalue weighted by Gasteiger charge is -2.24. The van der Waals surface area contributed by atoms with Gasteiger partial charge >= 0.3 is 0 Å². The van der Waals surface area contributed by atoms with E-state index < -0.39 is 10.0 Å². The van der Waals surface area contributed by atoms with Crippen LogP contribution in [0.1, 0.15) is 28.8 Å². The maximum Gasteiger partial charge on any atom is 0.283 e. The fraction of sp³-hybridized carbons (Fsp3) is 0.238. The van der Waals surface area contributed by atoms with Crippen molar-refractivity contribution in [3.05, 3.63) is 76.9 Å². The average Bonchev–Trinajstić information content (AvgIpc) is 3.43. The fourth-order valence-electron chi connectivity index (χ4n) is 3.01. The minimum Gasteiger partial charge on any atom is -0.349 e. The third-order valence-corrected chi connectivity index (χ3v) is 6.71. The standard InChI is InChI=1S/C21H21ClN4O3S/c1-25-12-11-20(24-25)30(28,29)26(14-15-5-7-17(22)8-6-15)19-4-2-3-16(13-19)21(27)23-18-9-10-18/h2-8,11-13,18H,9-10,14H2,1H3,(H,23,27). The molecule has 156 valence electrons. The number of amides is 1. The summed E-state index contributed by atoms with van der Waals surface area (Å²) in [6.07, 6.45) is 3.53. The molecule has 4 rings (SSSR count). The van der Waals surface area contributed by atoms with Crippen molar-refractivity contribution < 1.29 is 13.2 Å². The Bertz CT molecular complexity index is 1170. The highest BCUT2D eigenvalue weighted by molar-refractivity contribution is 7.92. The van der Waals surface area contributed by atoms with Gasteiger partial charge in [-0.1, -0.05) is 29.8 Å². The number of carbonyl (C=O) groups excluding carboxylic acids is 1. The molecule has 1 aromatic heterocycles. The molecule has 0 aliphatic heterocycles. The van der Waals surface area contributed by atoms with E-state index in [4.69, 9.17) is 11.6 Å². The summed E-state index contributed by atoms with van der Waals surface area (Å²) in [5, 5.41) is 7.51. The first kappa shape index (κ1) is 20.4. The highest BCUT2D eigenvalue weighted by Gasteiger charge is 2.29. The molecule has 0 unspecified atom stereocenters. The van der Waals surface area contributed by atoms with E-state index in [0.717, 1.165) is 18.4 Å². The van der Waals surface area contributed by atoms with Crippen molar-refractivity contribution in [2.45, 2.75) is 30.5 Å². The number of carbonyl (C=O) groups is 1. The van der Waals surface area contributed by atoms with Crippen molar-refractivity contribution >= 4 is 33.2 Å². The molecule has 1 N–H and O–H groups in total. The molecule has 1 fully saturated rings. The van der Waals surface area contributed by atoms with Crippen molar-refractivity contribution in [2.75, 3.05) is 4.31 Å². The topological polar surface area (TPSA) is 84.3 Å². The summed E-state index contributed by atoms with van der Waals surface area (Å²) in [4.78, 5) is 12.5. The van der Waals surface area contributed by atoms with E-state index in [2.05, 4.69) is 10.4 Å². The van der Waals surface area contributed by atoms with Gasteiger partial charge in [0.2, 0.25) is 0 Å². The summed E-state index contributed by atoms with van der Waals surface area (Å²) in [7, 11) is -2.30. The lowest BCUT2D eigenvalue weighted by atomic mass is 10.1. The summed E-state index contributed by atoms with van der Waals surface area (Å²) < 4.78 is 29.5. The molecular formula is C21H21ClN4O3S. The van der Waals surface area contributed by atoms with Crippen LogP contribution in [-0.2, 0) is 23.6 Å². The largest absolute Gasteiger partial charge is 0.349 e. The van der Waals surface area contributed by atoms with E-state index in [1.165, 1.54) is 15.1 Å². The summed E-state index contributed by atoms with van der Waals surface area (Å²) in [5.74, 6) is -0.207. The van der Waals surface area contributed by atoms with Crippen LogP contribution in [0.5, 0.6) is 0 Å². The van der Waals surface area contributed by atoms with Gasteiger partial charge in [-0.2, -0.15) is 13.5 Å². The first-order chi connectivity index (χ1) is 14.3. The Morgan fingerprint density at radius 3 is 2.57 bits per heavy atom. The molecule has 3 aromatic rings. The Morgan fingerprint density at radius 1 is 1.20 bits per heavy atom. The summed E-state index contributed by atoms with van der Waals surface area (Å²) in [5.41, 5.74) is 1.56. The van der Waals surface area contributed by atoms with Crippen LogP contribution in [0.2, 0.25) is 5.02 Å². The van der Waals surface area contributed by atoms with E-state index in [9.17, 15) is 13.2 Å². The van der Waals surface area contributed by atoms with Gasteiger partial charge < -0.3 is 5.32 Å². The highest BCUT2D eigenvalue weighted by atomic mass is 35.5. The second-order valence-corrected chi connectivity index (χ2v) is 9.51. The van der Waals surface area contributed by atoms with Crippen LogP contribution in [0.15, 0.2) is 65.8 Å². The molecule has 0 saturated heterocycles. The number of nitrogens with zero attached hydrogens (tertiary/aromatic N) is 3.